The first-order valence-electron chi connectivity index (χ1n) is 4.08. The van der Waals surface area contributed by atoms with Gasteiger partial charge in [-0.3, -0.25) is 19.2 Å². The maximum Gasteiger partial charge on any atom is 0.248 e. The van der Waals surface area contributed by atoms with E-state index >= 15 is 0 Å². The highest BCUT2D eigenvalue weighted by atomic mass is 16.6. The summed E-state index contributed by atoms with van der Waals surface area (Å²) >= 11 is 0. The van der Waals surface area contributed by atoms with Crippen LogP contribution in [0.2, 0.25) is 0 Å². The number of hydrogen-bond donors (Lipinski definition) is 2. The fraction of sp³-hybridized carbons (Fsp3) is 0.625. The van der Waals surface area contributed by atoms with Crippen molar-refractivity contribution in [3.05, 3.63) is 0 Å². The van der Waals surface area contributed by atoms with Gasteiger partial charge in [0, 0.05) is 6.42 Å². The Hall–Kier alpha value is -1.27. The number of carbonyl (C=O) groups excluding carboxylic acids is 3. The maximum atomic E-state index is 11.0. The first-order chi connectivity index (χ1) is 6.47. The molecule has 0 aliphatic carbocycles. The van der Waals surface area contributed by atoms with E-state index in [9.17, 15) is 14.4 Å². The van der Waals surface area contributed by atoms with E-state index < -0.39 is 11.9 Å². The average molecular weight is 202 g/mol. The van der Waals surface area contributed by atoms with Crippen LogP contribution in [0.5, 0.6) is 0 Å². The molecule has 0 radical (unpaired) electrons. The number of nitrogens with one attached hydrogen (secondary N) is 1. The van der Waals surface area contributed by atoms with Gasteiger partial charge in [0.15, 0.2) is 5.78 Å². The number of rotatable bonds is 6. The zero-order chi connectivity index (χ0) is 11.1. The van der Waals surface area contributed by atoms with Crippen LogP contribution in [0.1, 0.15) is 20.3 Å². The second-order valence-corrected chi connectivity index (χ2v) is 2.95. The lowest BCUT2D eigenvalue weighted by Gasteiger charge is -2.13. The average Bonchev–Trinajstić information content (AvgIpc) is 2.02. The summed E-state index contributed by atoms with van der Waals surface area (Å²) in [5.74, 6) is 3.71. The molecule has 3 N–H and O–H groups in total. The molecule has 0 fully saturated rings. The standard InChI is InChI=1S/C8H14N2O4/c1-5(11)3-7(6(2)12)10-8(13)4-14-9/h7H,3-4,9H2,1-2H3,(H,10,13)/t7-/m0/s1. The second kappa shape index (κ2) is 6.22. The first-order valence-corrected chi connectivity index (χ1v) is 4.08. The summed E-state index contributed by atoms with van der Waals surface area (Å²) in [6, 6.07) is -0.782. The van der Waals surface area contributed by atoms with Gasteiger partial charge in [0.25, 0.3) is 0 Å². The second-order valence-electron chi connectivity index (χ2n) is 2.95. The van der Waals surface area contributed by atoms with Gasteiger partial charge in [-0.1, -0.05) is 0 Å². The molecule has 0 aromatic heterocycles. The van der Waals surface area contributed by atoms with E-state index in [0.29, 0.717) is 0 Å². The number of nitrogens with two attached hydrogens (primary N) is 1. The summed E-state index contributed by atoms with van der Waals surface area (Å²) in [6.07, 6.45) is -0.00829. The molecule has 0 aromatic carbocycles. The Labute approximate surface area is 81.7 Å². The maximum absolute atomic E-state index is 11.0. The van der Waals surface area contributed by atoms with Gasteiger partial charge in [0.2, 0.25) is 5.91 Å². The SMILES string of the molecule is CC(=O)C[C@H](NC(=O)CON)C(C)=O. The smallest absolute Gasteiger partial charge is 0.248 e. The van der Waals surface area contributed by atoms with Gasteiger partial charge in [0.05, 0.1) is 6.04 Å². The molecule has 0 saturated heterocycles. The molecule has 0 spiro atoms. The molecule has 0 saturated carbocycles. The van der Waals surface area contributed by atoms with Crippen LogP contribution >= 0.6 is 0 Å². The highest BCUT2D eigenvalue weighted by Crippen LogP contribution is 1.95. The summed E-state index contributed by atoms with van der Waals surface area (Å²) in [6.45, 7) is 2.32. The lowest BCUT2D eigenvalue weighted by atomic mass is 10.1. The van der Waals surface area contributed by atoms with Gasteiger partial charge in [-0.25, -0.2) is 5.90 Å². The molecule has 1 amide bonds. The van der Waals surface area contributed by atoms with Crippen molar-refractivity contribution in [3.63, 3.8) is 0 Å². The molecule has 0 aliphatic rings. The third-order valence-corrected chi connectivity index (χ3v) is 1.53. The molecular formula is C8H14N2O4. The van der Waals surface area contributed by atoms with Crippen LogP contribution in [-0.2, 0) is 19.2 Å². The third-order valence-electron chi connectivity index (χ3n) is 1.53. The van der Waals surface area contributed by atoms with Crippen LogP contribution in [-0.4, -0.2) is 30.1 Å². The fourth-order valence-corrected chi connectivity index (χ4v) is 0.896. The van der Waals surface area contributed by atoms with E-state index in [1.54, 1.807) is 0 Å². The van der Waals surface area contributed by atoms with Crippen molar-refractivity contribution in [2.24, 2.45) is 5.90 Å². The summed E-state index contributed by atoms with van der Waals surface area (Å²) in [7, 11) is 0. The minimum absolute atomic E-state index is 0.00829. The first kappa shape index (κ1) is 12.7. The minimum atomic E-state index is -0.782. The van der Waals surface area contributed by atoms with Crippen LogP contribution in [0.15, 0.2) is 0 Å². The van der Waals surface area contributed by atoms with E-state index in [1.807, 2.05) is 0 Å². The van der Waals surface area contributed by atoms with Crippen LogP contribution in [0, 0.1) is 0 Å². The Morgan fingerprint density at radius 1 is 1.36 bits per heavy atom. The van der Waals surface area contributed by atoms with Crippen molar-refractivity contribution >= 4 is 17.5 Å². The van der Waals surface area contributed by atoms with E-state index in [0.717, 1.165) is 0 Å². The zero-order valence-corrected chi connectivity index (χ0v) is 8.20. The molecular weight excluding hydrogens is 188 g/mol. The lowest BCUT2D eigenvalue weighted by Crippen LogP contribution is -2.42. The van der Waals surface area contributed by atoms with Crippen LogP contribution < -0.4 is 11.2 Å². The van der Waals surface area contributed by atoms with Gasteiger partial charge >= 0.3 is 0 Å². The summed E-state index contributed by atoms with van der Waals surface area (Å²) in [5.41, 5.74) is 0. The summed E-state index contributed by atoms with van der Waals surface area (Å²) in [5, 5.41) is 2.33. The Morgan fingerprint density at radius 2 is 1.93 bits per heavy atom. The van der Waals surface area contributed by atoms with Crippen molar-refractivity contribution in [1.29, 1.82) is 0 Å². The molecule has 6 nitrogen and oxygen atoms in total. The van der Waals surface area contributed by atoms with Crippen molar-refractivity contribution in [1.82, 2.24) is 5.32 Å². The Morgan fingerprint density at radius 3 is 2.29 bits per heavy atom. The van der Waals surface area contributed by atoms with Crippen LogP contribution in [0.4, 0.5) is 0 Å². The number of carbonyl (C=O) groups is 3. The molecule has 6 heteroatoms. The quantitative estimate of drug-likeness (QED) is 0.534. The van der Waals surface area contributed by atoms with Crippen molar-refractivity contribution in [2.75, 3.05) is 6.61 Å². The van der Waals surface area contributed by atoms with Crippen molar-refractivity contribution in [2.45, 2.75) is 26.3 Å². The summed E-state index contributed by atoms with van der Waals surface area (Å²) in [4.78, 5) is 36.8. The summed E-state index contributed by atoms with van der Waals surface area (Å²) < 4.78 is 0. The normalized spacial score (nSPS) is 11.9. The molecule has 0 heterocycles. The number of amides is 1. The van der Waals surface area contributed by atoms with E-state index in [1.165, 1.54) is 13.8 Å². The largest absolute Gasteiger partial charge is 0.344 e. The molecule has 0 unspecified atom stereocenters. The molecule has 0 aromatic rings. The zero-order valence-electron chi connectivity index (χ0n) is 8.20. The van der Waals surface area contributed by atoms with Crippen LogP contribution in [0.25, 0.3) is 0 Å². The van der Waals surface area contributed by atoms with Gasteiger partial charge in [0.1, 0.15) is 12.4 Å². The Bertz CT molecular complexity index is 239. The number of ketones is 2. The van der Waals surface area contributed by atoms with E-state index in [4.69, 9.17) is 0 Å². The van der Waals surface area contributed by atoms with E-state index in [2.05, 4.69) is 16.1 Å². The van der Waals surface area contributed by atoms with Gasteiger partial charge in [-0.2, -0.15) is 0 Å². The minimum Gasteiger partial charge on any atom is -0.344 e. The Kier molecular flexibility index (Phi) is 5.66. The highest BCUT2D eigenvalue weighted by Gasteiger charge is 2.18. The molecule has 0 aliphatic heterocycles. The molecule has 1 atom stereocenters. The Balaban J connectivity index is 4.16. The number of Topliss-reactive ketones (excluding diaryl/α,β-unsaturated/α-hetero) is 2. The van der Waals surface area contributed by atoms with Gasteiger partial charge in [-0.05, 0) is 13.8 Å². The van der Waals surface area contributed by atoms with Crippen LogP contribution in [0.3, 0.4) is 0 Å². The fourth-order valence-electron chi connectivity index (χ4n) is 0.896. The molecule has 14 heavy (non-hydrogen) atoms. The monoisotopic (exact) mass is 202 g/mol. The molecule has 80 valence electrons. The predicted octanol–water partition coefficient (Wildman–Crippen LogP) is -1.07. The van der Waals surface area contributed by atoms with Gasteiger partial charge < -0.3 is 5.32 Å². The molecule has 0 rings (SSSR count). The molecule has 0 bridgehead atoms. The number of hydrogen-bond acceptors (Lipinski definition) is 5. The van der Waals surface area contributed by atoms with Gasteiger partial charge in [-0.15, -0.1) is 0 Å². The highest BCUT2D eigenvalue weighted by molar-refractivity contribution is 5.92. The van der Waals surface area contributed by atoms with E-state index in [-0.39, 0.29) is 24.6 Å². The van der Waals surface area contributed by atoms with Crippen molar-refractivity contribution in [3.8, 4) is 0 Å². The van der Waals surface area contributed by atoms with Crippen molar-refractivity contribution < 1.29 is 19.2 Å². The predicted molar refractivity (Wildman–Crippen MR) is 48.0 cm³/mol. The third kappa shape index (κ3) is 5.39. The lowest BCUT2D eigenvalue weighted by molar-refractivity contribution is -0.131. The topological polar surface area (TPSA) is 98.5 Å².